The zero-order valence-electron chi connectivity index (χ0n) is 19.2. The molecule has 0 bridgehead atoms. The molecule has 0 aromatic heterocycles. The van der Waals surface area contributed by atoms with E-state index in [9.17, 15) is 14.0 Å². The van der Waals surface area contributed by atoms with Crippen LogP contribution in [0.5, 0.6) is 5.75 Å². The van der Waals surface area contributed by atoms with Gasteiger partial charge in [0.15, 0.2) is 11.6 Å². The van der Waals surface area contributed by atoms with Crippen LogP contribution in [0, 0.1) is 11.6 Å². The van der Waals surface area contributed by atoms with Gasteiger partial charge in [-0.25, -0.2) is 8.78 Å². The summed E-state index contributed by atoms with van der Waals surface area (Å²) in [5.74, 6) is -3.88. The first-order valence-electron chi connectivity index (χ1n) is 11.5. The lowest BCUT2D eigenvalue weighted by Gasteiger charge is -2.46. The Labute approximate surface area is 216 Å². The lowest BCUT2D eigenvalue weighted by Crippen LogP contribution is -2.57. The van der Waals surface area contributed by atoms with Crippen LogP contribution in [0.15, 0.2) is 54.6 Å². The van der Waals surface area contributed by atoms with Crippen molar-refractivity contribution in [3.63, 3.8) is 0 Å². The molecule has 3 aromatic rings. The van der Waals surface area contributed by atoms with Crippen LogP contribution in [-0.2, 0) is 15.0 Å². The highest BCUT2D eigenvalue weighted by atomic mass is 35.5. The number of carbonyl (C=O) groups excluding carboxylic acids is 2. The quantitative estimate of drug-likeness (QED) is 0.407. The molecule has 0 radical (unpaired) electrons. The number of fused-ring (bicyclic) bond motifs is 2. The Balaban J connectivity index is 1.83. The summed E-state index contributed by atoms with van der Waals surface area (Å²) in [4.78, 5) is 27.1. The zero-order chi connectivity index (χ0) is 25.6. The van der Waals surface area contributed by atoms with E-state index in [1.165, 1.54) is 6.07 Å². The summed E-state index contributed by atoms with van der Waals surface area (Å²) in [7, 11) is 0. The van der Waals surface area contributed by atoms with Gasteiger partial charge in [-0.3, -0.25) is 9.59 Å². The summed E-state index contributed by atoms with van der Waals surface area (Å²) in [6.07, 6.45) is 0.544. The van der Waals surface area contributed by atoms with E-state index in [2.05, 4.69) is 10.6 Å². The number of ether oxygens (including phenoxy) is 1. The van der Waals surface area contributed by atoms with E-state index in [0.717, 1.165) is 6.07 Å². The minimum Gasteiger partial charge on any atom is -0.493 e. The van der Waals surface area contributed by atoms with Crippen molar-refractivity contribution in [1.29, 1.82) is 0 Å². The maximum Gasteiger partial charge on any atom is 0.238 e. The van der Waals surface area contributed by atoms with Crippen LogP contribution in [0.3, 0.4) is 0 Å². The number of carbonyl (C=O) groups is 2. The normalized spacial score (nSPS) is 22.8. The number of amides is 2. The van der Waals surface area contributed by atoms with E-state index < -0.39 is 40.8 Å². The Morgan fingerprint density at radius 3 is 2.58 bits per heavy atom. The van der Waals surface area contributed by atoms with Gasteiger partial charge >= 0.3 is 0 Å². The maximum atomic E-state index is 15.6. The van der Waals surface area contributed by atoms with E-state index in [1.807, 2.05) is 6.92 Å². The third-order valence-corrected chi connectivity index (χ3v) is 7.32. The van der Waals surface area contributed by atoms with E-state index in [4.69, 9.17) is 27.9 Å². The first kappa shape index (κ1) is 24.5. The fourth-order valence-corrected chi connectivity index (χ4v) is 5.77. The Bertz CT molecular complexity index is 1380. The molecular weight excluding hydrogens is 509 g/mol. The van der Waals surface area contributed by atoms with Gasteiger partial charge in [-0.1, -0.05) is 48.3 Å². The van der Waals surface area contributed by atoms with Gasteiger partial charge in [-0.2, -0.15) is 0 Å². The molecule has 2 aliphatic heterocycles. The number of anilines is 1. The molecule has 2 aliphatic rings. The van der Waals surface area contributed by atoms with Crippen molar-refractivity contribution in [2.75, 3.05) is 11.9 Å². The first-order valence-corrected chi connectivity index (χ1v) is 12.3. The van der Waals surface area contributed by atoms with Crippen molar-refractivity contribution in [2.24, 2.45) is 0 Å². The second-order valence-electron chi connectivity index (χ2n) is 8.95. The van der Waals surface area contributed by atoms with Gasteiger partial charge in [0.05, 0.1) is 18.2 Å². The average molecular weight is 531 g/mol. The Morgan fingerprint density at radius 1 is 1.06 bits per heavy atom. The molecular formula is C27H22Cl2F2N2O3. The van der Waals surface area contributed by atoms with E-state index in [0.29, 0.717) is 33.3 Å². The Morgan fingerprint density at radius 2 is 1.83 bits per heavy atom. The van der Waals surface area contributed by atoms with Crippen LogP contribution >= 0.6 is 23.2 Å². The predicted octanol–water partition coefficient (Wildman–Crippen LogP) is 6.30. The molecule has 5 rings (SSSR count). The SMILES string of the molecule is CCCOc1ccc(F)c(F)c1[C@H]1NC(=O)C[C@H](c2cccc(Cl)c2)[C@@]12C(=O)Nc1cc(Cl)ccc12. The molecule has 2 N–H and O–H groups in total. The summed E-state index contributed by atoms with van der Waals surface area (Å²) in [6.45, 7) is 2.12. The molecule has 1 spiro atoms. The van der Waals surface area contributed by atoms with Crippen LogP contribution in [0.25, 0.3) is 0 Å². The zero-order valence-corrected chi connectivity index (χ0v) is 20.7. The molecule has 36 heavy (non-hydrogen) atoms. The fourth-order valence-electron chi connectivity index (χ4n) is 5.40. The third kappa shape index (κ3) is 3.82. The van der Waals surface area contributed by atoms with E-state index in [-0.39, 0.29) is 24.3 Å². The topological polar surface area (TPSA) is 67.4 Å². The Kier molecular flexibility index (Phi) is 6.39. The van der Waals surface area contributed by atoms with Crippen LogP contribution in [-0.4, -0.2) is 18.4 Å². The van der Waals surface area contributed by atoms with Gasteiger partial charge < -0.3 is 15.4 Å². The lowest BCUT2D eigenvalue weighted by atomic mass is 9.59. The summed E-state index contributed by atoms with van der Waals surface area (Å²) in [5, 5.41) is 6.47. The van der Waals surface area contributed by atoms with Gasteiger partial charge in [0.25, 0.3) is 0 Å². The predicted molar refractivity (Wildman–Crippen MR) is 134 cm³/mol. The smallest absolute Gasteiger partial charge is 0.238 e. The van der Waals surface area contributed by atoms with Crippen LogP contribution in [0.4, 0.5) is 14.5 Å². The second kappa shape index (κ2) is 9.37. The van der Waals surface area contributed by atoms with Crippen molar-refractivity contribution in [3.8, 4) is 5.75 Å². The number of halogens is 4. The van der Waals surface area contributed by atoms with Gasteiger partial charge in [0, 0.05) is 28.1 Å². The summed E-state index contributed by atoms with van der Waals surface area (Å²) in [5.41, 5.74) is -0.197. The lowest BCUT2D eigenvalue weighted by molar-refractivity contribution is -0.131. The van der Waals surface area contributed by atoms with Crippen molar-refractivity contribution < 1.29 is 23.1 Å². The molecule has 2 heterocycles. The summed E-state index contributed by atoms with van der Waals surface area (Å²) in [6, 6.07) is 12.8. The highest BCUT2D eigenvalue weighted by molar-refractivity contribution is 6.31. The fraction of sp³-hybridized carbons (Fsp3) is 0.259. The molecule has 3 atom stereocenters. The number of piperidine rings is 1. The molecule has 9 heteroatoms. The molecule has 0 unspecified atom stereocenters. The minimum atomic E-state index is -1.54. The molecule has 3 aromatic carbocycles. The molecule has 0 saturated carbocycles. The highest BCUT2D eigenvalue weighted by Crippen LogP contribution is 2.59. The van der Waals surface area contributed by atoms with Crippen molar-refractivity contribution in [1.82, 2.24) is 5.32 Å². The van der Waals surface area contributed by atoms with Gasteiger partial charge in [0.1, 0.15) is 11.2 Å². The molecule has 2 amide bonds. The second-order valence-corrected chi connectivity index (χ2v) is 9.82. The monoisotopic (exact) mass is 530 g/mol. The van der Waals surface area contributed by atoms with Crippen molar-refractivity contribution in [2.45, 2.75) is 37.1 Å². The maximum absolute atomic E-state index is 15.6. The Hall–Kier alpha value is -3.16. The van der Waals surface area contributed by atoms with Crippen LogP contribution in [0.1, 0.15) is 48.4 Å². The number of benzene rings is 3. The minimum absolute atomic E-state index is 0.0578. The van der Waals surface area contributed by atoms with Crippen LogP contribution in [0.2, 0.25) is 10.0 Å². The van der Waals surface area contributed by atoms with Gasteiger partial charge in [0.2, 0.25) is 11.8 Å². The number of hydrogen-bond donors (Lipinski definition) is 2. The van der Waals surface area contributed by atoms with Gasteiger partial charge in [-0.15, -0.1) is 0 Å². The number of rotatable bonds is 5. The molecule has 186 valence electrons. The molecule has 0 aliphatic carbocycles. The van der Waals surface area contributed by atoms with Gasteiger partial charge in [-0.05, 0) is 53.9 Å². The third-order valence-electron chi connectivity index (χ3n) is 6.85. The first-order chi connectivity index (χ1) is 17.3. The largest absolute Gasteiger partial charge is 0.493 e. The number of hydrogen-bond acceptors (Lipinski definition) is 3. The standard InChI is InChI=1S/C27H22Cl2F2N2O3/c1-2-10-36-21-9-8-19(30)24(31)23(21)25-27(17-7-6-16(29)12-20(17)32-26(27)35)18(13-22(34)33-25)14-4-3-5-15(28)11-14/h3-9,11-12,18,25H,2,10,13H2,1H3,(H,32,35)(H,33,34)/t18-,25-,27-/m1/s1. The number of nitrogens with one attached hydrogen (secondary N) is 2. The highest BCUT2D eigenvalue weighted by Gasteiger charge is 2.62. The van der Waals surface area contributed by atoms with Crippen LogP contribution < -0.4 is 15.4 Å². The van der Waals surface area contributed by atoms with Crippen molar-refractivity contribution in [3.05, 3.63) is 93.0 Å². The average Bonchev–Trinajstić information content (AvgIpc) is 3.12. The summed E-state index contributed by atoms with van der Waals surface area (Å²) < 4.78 is 36.1. The van der Waals surface area contributed by atoms with E-state index >= 15 is 4.39 Å². The van der Waals surface area contributed by atoms with Crippen molar-refractivity contribution >= 4 is 40.7 Å². The summed E-state index contributed by atoms with van der Waals surface area (Å²) >= 11 is 12.5. The van der Waals surface area contributed by atoms with E-state index in [1.54, 1.807) is 42.5 Å². The molecule has 1 fully saturated rings. The molecule has 5 nitrogen and oxygen atoms in total. The molecule has 1 saturated heterocycles.